The number of rotatable bonds is 9. The lowest BCUT2D eigenvalue weighted by Gasteiger charge is -2.15. The largest absolute Gasteiger partial charge is 0.474 e. The molecule has 1 unspecified atom stereocenters. The van der Waals surface area contributed by atoms with Crippen LogP contribution < -0.4 is 10.1 Å². The van der Waals surface area contributed by atoms with E-state index in [0.717, 1.165) is 17.4 Å². The van der Waals surface area contributed by atoms with Gasteiger partial charge in [0.2, 0.25) is 11.8 Å². The summed E-state index contributed by atoms with van der Waals surface area (Å²) in [6.07, 6.45) is 8.01. The van der Waals surface area contributed by atoms with Crippen molar-refractivity contribution in [3.8, 4) is 5.88 Å². The molecule has 0 amide bonds. The van der Waals surface area contributed by atoms with E-state index in [1.165, 1.54) is 25.7 Å². The molecular weight excluding hydrogens is 306 g/mol. The topological polar surface area (TPSA) is 47.0 Å². The maximum absolute atomic E-state index is 5.87. The Bertz CT molecular complexity index is 374. The highest BCUT2D eigenvalue weighted by molar-refractivity contribution is 9.10. The molecule has 0 spiro atoms. The van der Waals surface area contributed by atoms with Crippen LogP contribution in [0.2, 0.25) is 0 Å². The minimum Gasteiger partial charge on any atom is -0.474 e. The van der Waals surface area contributed by atoms with Crippen molar-refractivity contribution < 1.29 is 4.74 Å². The van der Waals surface area contributed by atoms with Crippen molar-refractivity contribution >= 4 is 21.9 Å². The van der Waals surface area contributed by atoms with E-state index in [1.807, 2.05) is 6.92 Å². The van der Waals surface area contributed by atoms with Gasteiger partial charge in [-0.25, -0.2) is 4.98 Å². The third-order valence-electron chi connectivity index (χ3n) is 2.82. The lowest BCUT2D eigenvalue weighted by Crippen LogP contribution is -2.14. The predicted octanol–water partition coefficient (Wildman–Crippen LogP) is 4.41. The molecule has 1 aromatic rings. The molecule has 0 bridgehead atoms. The molecule has 0 aliphatic rings. The molecule has 4 nitrogen and oxygen atoms in total. The molecule has 0 aromatic carbocycles. The highest BCUT2D eigenvalue weighted by Gasteiger charge is 2.10. The third kappa shape index (κ3) is 6.23. The molecule has 0 aliphatic carbocycles. The maximum atomic E-state index is 5.87. The van der Waals surface area contributed by atoms with E-state index in [2.05, 4.69) is 45.1 Å². The van der Waals surface area contributed by atoms with Gasteiger partial charge in [0, 0.05) is 6.54 Å². The van der Waals surface area contributed by atoms with Crippen LogP contribution in [0.3, 0.4) is 0 Å². The predicted molar refractivity (Wildman–Crippen MR) is 82.7 cm³/mol. The first kappa shape index (κ1) is 16.2. The number of hydrogen-bond acceptors (Lipinski definition) is 4. The van der Waals surface area contributed by atoms with Gasteiger partial charge in [-0.15, -0.1) is 0 Å². The Morgan fingerprint density at radius 2 is 2.11 bits per heavy atom. The van der Waals surface area contributed by atoms with Crippen molar-refractivity contribution in [3.63, 3.8) is 0 Å². The molecule has 1 aromatic heterocycles. The molecule has 5 heteroatoms. The van der Waals surface area contributed by atoms with Crippen LogP contribution in [0.5, 0.6) is 5.88 Å². The second kappa shape index (κ2) is 9.13. The summed E-state index contributed by atoms with van der Waals surface area (Å²) in [7, 11) is 0. The molecule has 0 saturated carbocycles. The first-order valence-corrected chi connectivity index (χ1v) is 7.89. The molecule has 1 N–H and O–H groups in total. The molecule has 0 radical (unpaired) electrons. The van der Waals surface area contributed by atoms with E-state index in [9.17, 15) is 0 Å². The van der Waals surface area contributed by atoms with Crippen LogP contribution in [-0.4, -0.2) is 22.6 Å². The zero-order valence-corrected chi connectivity index (χ0v) is 13.7. The number of aromatic nitrogens is 2. The molecule has 1 heterocycles. The van der Waals surface area contributed by atoms with E-state index in [-0.39, 0.29) is 6.10 Å². The van der Waals surface area contributed by atoms with Crippen molar-refractivity contribution in [1.82, 2.24) is 9.97 Å². The maximum Gasteiger partial charge on any atom is 0.233 e. The lowest BCUT2D eigenvalue weighted by molar-refractivity contribution is 0.196. The van der Waals surface area contributed by atoms with Crippen LogP contribution in [0.25, 0.3) is 0 Å². The first-order valence-electron chi connectivity index (χ1n) is 7.10. The summed E-state index contributed by atoms with van der Waals surface area (Å²) in [4.78, 5) is 8.53. The minimum atomic E-state index is 0.178. The fourth-order valence-electron chi connectivity index (χ4n) is 1.79. The molecule has 19 heavy (non-hydrogen) atoms. The van der Waals surface area contributed by atoms with Gasteiger partial charge in [0.1, 0.15) is 0 Å². The van der Waals surface area contributed by atoms with Crippen molar-refractivity contribution in [2.45, 2.75) is 59.0 Å². The second-order valence-electron chi connectivity index (χ2n) is 4.65. The summed E-state index contributed by atoms with van der Waals surface area (Å²) in [5, 5.41) is 3.09. The van der Waals surface area contributed by atoms with E-state index in [1.54, 1.807) is 6.20 Å². The zero-order valence-electron chi connectivity index (χ0n) is 12.1. The Morgan fingerprint density at radius 1 is 1.32 bits per heavy atom. The fourth-order valence-corrected chi connectivity index (χ4v) is 2.07. The molecule has 108 valence electrons. The van der Waals surface area contributed by atoms with Crippen LogP contribution in [0.15, 0.2) is 10.7 Å². The number of unbranched alkanes of at least 4 members (excludes halogenated alkanes) is 3. The van der Waals surface area contributed by atoms with Gasteiger partial charge in [0.05, 0.1) is 16.8 Å². The SMILES string of the molecule is CCCCCCC(C)Oc1nc(NCC)ncc1Br. The van der Waals surface area contributed by atoms with Gasteiger partial charge >= 0.3 is 0 Å². The molecule has 0 fully saturated rings. The average molecular weight is 330 g/mol. The summed E-state index contributed by atoms with van der Waals surface area (Å²) < 4.78 is 6.67. The van der Waals surface area contributed by atoms with Gasteiger partial charge in [-0.05, 0) is 42.6 Å². The van der Waals surface area contributed by atoms with Crippen LogP contribution in [0.1, 0.15) is 52.9 Å². The monoisotopic (exact) mass is 329 g/mol. The molecule has 1 rings (SSSR count). The minimum absolute atomic E-state index is 0.178. The average Bonchev–Trinajstić information content (AvgIpc) is 2.39. The lowest BCUT2D eigenvalue weighted by atomic mass is 10.1. The van der Waals surface area contributed by atoms with Crippen molar-refractivity contribution in [1.29, 1.82) is 0 Å². The van der Waals surface area contributed by atoms with Gasteiger partial charge in [0.15, 0.2) is 0 Å². The highest BCUT2D eigenvalue weighted by Crippen LogP contribution is 2.24. The Kier molecular flexibility index (Phi) is 7.79. The van der Waals surface area contributed by atoms with Crippen molar-refractivity contribution in [2.75, 3.05) is 11.9 Å². The Labute approximate surface area is 124 Å². The van der Waals surface area contributed by atoms with E-state index >= 15 is 0 Å². The summed E-state index contributed by atoms with van der Waals surface area (Å²) >= 11 is 3.43. The van der Waals surface area contributed by atoms with Crippen LogP contribution in [0, 0.1) is 0 Å². The van der Waals surface area contributed by atoms with E-state index in [0.29, 0.717) is 11.8 Å². The third-order valence-corrected chi connectivity index (χ3v) is 3.37. The molecule has 0 saturated heterocycles. The van der Waals surface area contributed by atoms with Crippen LogP contribution >= 0.6 is 15.9 Å². The normalized spacial score (nSPS) is 12.2. The first-order chi connectivity index (χ1) is 9.17. The number of nitrogens with zero attached hydrogens (tertiary/aromatic N) is 2. The van der Waals surface area contributed by atoms with Crippen molar-refractivity contribution in [2.24, 2.45) is 0 Å². The summed E-state index contributed by atoms with van der Waals surface area (Å²) in [6, 6.07) is 0. The standard InChI is InChI=1S/C14H24BrN3O/c1-4-6-7-8-9-11(3)19-13-12(15)10-17-14(18-13)16-5-2/h10-11H,4-9H2,1-3H3,(H,16,17,18). The molecule has 0 aliphatic heterocycles. The number of ether oxygens (including phenoxy) is 1. The quantitative estimate of drug-likeness (QED) is 0.681. The summed E-state index contributed by atoms with van der Waals surface area (Å²) in [5.74, 6) is 1.23. The van der Waals surface area contributed by atoms with Gasteiger partial charge < -0.3 is 10.1 Å². The summed E-state index contributed by atoms with van der Waals surface area (Å²) in [5.41, 5.74) is 0. The van der Waals surface area contributed by atoms with Gasteiger partial charge in [-0.3, -0.25) is 0 Å². The Balaban J connectivity index is 2.48. The van der Waals surface area contributed by atoms with Crippen LogP contribution in [0.4, 0.5) is 5.95 Å². The second-order valence-corrected chi connectivity index (χ2v) is 5.51. The molecule has 1 atom stereocenters. The number of hydrogen-bond donors (Lipinski definition) is 1. The van der Waals surface area contributed by atoms with E-state index < -0.39 is 0 Å². The summed E-state index contributed by atoms with van der Waals surface area (Å²) in [6.45, 7) is 7.13. The van der Waals surface area contributed by atoms with E-state index in [4.69, 9.17) is 4.74 Å². The molecular formula is C14H24BrN3O. The number of nitrogens with one attached hydrogen (secondary N) is 1. The fraction of sp³-hybridized carbons (Fsp3) is 0.714. The smallest absolute Gasteiger partial charge is 0.233 e. The number of anilines is 1. The number of halogens is 1. The van der Waals surface area contributed by atoms with Crippen molar-refractivity contribution in [3.05, 3.63) is 10.7 Å². The van der Waals surface area contributed by atoms with Crippen LogP contribution in [-0.2, 0) is 0 Å². The Hall–Kier alpha value is -0.840. The van der Waals surface area contributed by atoms with Gasteiger partial charge in [0.25, 0.3) is 0 Å². The van der Waals surface area contributed by atoms with Gasteiger partial charge in [-0.2, -0.15) is 4.98 Å². The Morgan fingerprint density at radius 3 is 2.79 bits per heavy atom. The highest BCUT2D eigenvalue weighted by atomic mass is 79.9. The van der Waals surface area contributed by atoms with Gasteiger partial charge in [-0.1, -0.05) is 26.2 Å². The zero-order chi connectivity index (χ0) is 14.1.